The van der Waals surface area contributed by atoms with E-state index in [2.05, 4.69) is 17.1 Å². The van der Waals surface area contributed by atoms with Crippen LogP contribution in [0.25, 0.3) is 0 Å². The fourth-order valence-corrected chi connectivity index (χ4v) is 2.40. The number of nitrogens with zero attached hydrogens (tertiary/aromatic N) is 1. The molecule has 1 aromatic rings. The summed E-state index contributed by atoms with van der Waals surface area (Å²) in [5.41, 5.74) is -0.00796. The van der Waals surface area contributed by atoms with Crippen molar-refractivity contribution >= 4 is 11.9 Å². The molecule has 0 radical (unpaired) electrons. The average Bonchev–Trinajstić information content (AvgIpc) is 2.95. The Kier molecular flexibility index (Phi) is 4.79. The van der Waals surface area contributed by atoms with Crippen LogP contribution >= 0.6 is 0 Å². The van der Waals surface area contributed by atoms with Gasteiger partial charge in [-0.1, -0.05) is 6.92 Å². The molecule has 0 bridgehead atoms. The smallest absolute Gasteiger partial charge is 0.338 e. The van der Waals surface area contributed by atoms with Crippen molar-refractivity contribution in [2.45, 2.75) is 19.8 Å². The van der Waals surface area contributed by atoms with Crippen LogP contribution in [0.15, 0.2) is 16.7 Å². The molecule has 0 unspecified atom stereocenters. The van der Waals surface area contributed by atoms with Crippen LogP contribution in [0.1, 0.15) is 40.7 Å². The van der Waals surface area contributed by atoms with Crippen molar-refractivity contribution in [3.05, 3.63) is 23.7 Å². The van der Waals surface area contributed by atoms with Gasteiger partial charge in [0.1, 0.15) is 6.26 Å². The summed E-state index contributed by atoms with van der Waals surface area (Å²) in [6.45, 7) is 5.98. The molecule has 0 spiro atoms. The Labute approximate surface area is 117 Å². The monoisotopic (exact) mass is 280 g/mol. The topological polar surface area (TPSA) is 82.8 Å². The minimum atomic E-state index is -1.10. The van der Waals surface area contributed by atoms with Gasteiger partial charge in [0.2, 0.25) is 0 Å². The number of carbonyl (C=O) groups excluding carboxylic acids is 1. The van der Waals surface area contributed by atoms with Gasteiger partial charge in [-0.2, -0.15) is 0 Å². The fraction of sp³-hybridized carbons (Fsp3) is 0.571. The molecule has 1 aliphatic rings. The van der Waals surface area contributed by atoms with Crippen LogP contribution in [0.4, 0.5) is 0 Å². The first-order valence-electron chi connectivity index (χ1n) is 6.92. The van der Waals surface area contributed by atoms with Gasteiger partial charge in [-0.15, -0.1) is 0 Å². The normalized spacial score (nSPS) is 17.1. The summed E-state index contributed by atoms with van der Waals surface area (Å²) in [6.07, 6.45) is 3.23. The van der Waals surface area contributed by atoms with E-state index in [-0.39, 0.29) is 17.2 Å². The van der Waals surface area contributed by atoms with Crippen molar-refractivity contribution in [2.75, 3.05) is 26.2 Å². The molecule has 6 heteroatoms. The number of aromatic carboxylic acids is 1. The quantitative estimate of drug-likeness (QED) is 0.852. The molecule has 0 aliphatic carbocycles. The Morgan fingerprint density at radius 2 is 2.15 bits per heavy atom. The number of piperidine rings is 1. The molecule has 0 aromatic carbocycles. The maximum absolute atomic E-state index is 11.8. The van der Waals surface area contributed by atoms with Crippen molar-refractivity contribution in [2.24, 2.45) is 5.92 Å². The van der Waals surface area contributed by atoms with Crippen molar-refractivity contribution in [3.63, 3.8) is 0 Å². The van der Waals surface area contributed by atoms with E-state index in [0.29, 0.717) is 12.5 Å². The minimum Gasteiger partial charge on any atom is -0.478 e. The van der Waals surface area contributed by atoms with Crippen LogP contribution in [-0.4, -0.2) is 48.1 Å². The van der Waals surface area contributed by atoms with Crippen LogP contribution in [0.3, 0.4) is 0 Å². The number of hydrogen-bond acceptors (Lipinski definition) is 4. The number of hydrogen-bond donors (Lipinski definition) is 2. The highest BCUT2D eigenvalue weighted by Crippen LogP contribution is 2.16. The van der Waals surface area contributed by atoms with E-state index in [4.69, 9.17) is 9.52 Å². The van der Waals surface area contributed by atoms with Crippen LogP contribution in [0.5, 0.6) is 0 Å². The predicted molar refractivity (Wildman–Crippen MR) is 72.8 cm³/mol. The Morgan fingerprint density at radius 3 is 2.70 bits per heavy atom. The maximum Gasteiger partial charge on any atom is 0.338 e. The van der Waals surface area contributed by atoms with Crippen molar-refractivity contribution in [1.29, 1.82) is 0 Å². The Bertz CT molecular complexity index is 475. The standard InChI is InChI=1S/C14H20N2O4/c1-2-16-5-3-10(4-6-16)8-15-13(17)12-7-11(9-20-12)14(18)19/h7,9-10H,2-6,8H2,1H3,(H,15,17)(H,18,19). The second-order valence-electron chi connectivity index (χ2n) is 5.09. The Balaban J connectivity index is 1.79. The van der Waals surface area contributed by atoms with Crippen molar-refractivity contribution < 1.29 is 19.1 Å². The van der Waals surface area contributed by atoms with Crippen LogP contribution in [0.2, 0.25) is 0 Å². The lowest BCUT2D eigenvalue weighted by Gasteiger charge is -2.30. The summed E-state index contributed by atoms with van der Waals surface area (Å²) in [4.78, 5) is 24.9. The van der Waals surface area contributed by atoms with Gasteiger partial charge in [-0.05, 0) is 38.4 Å². The summed E-state index contributed by atoms with van der Waals surface area (Å²) in [5.74, 6) is -0.917. The third kappa shape index (κ3) is 3.60. The van der Waals surface area contributed by atoms with Crippen molar-refractivity contribution in [3.8, 4) is 0 Å². The number of rotatable bonds is 5. The third-order valence-electron chi connectivity index (χ3n) is 3.78. The van der Waals surface area contributed by atoms with Gasteiger partial charge in [0.25, 0.3) is 5.91 Å². The molecule has 2 rings (SSSR count). The van der Waals surface area contributed by atoms with Gasteiger partial charge in [0.05, 0.1) is 5.56 Å². The third-order valence-corrected chi connectivity index (χ3v) is 3.78. The highest BCUT2D eigenvalue weighted by molar-refractivity contribution is 5.95. The minimum absolute atomic E-state index is 0.00796. The van der Waals surface area contributed by atoms with Crippen LogP contribution < -0.4 is 5.32 Å². The number of carboxylic acid groups (broad SMARTS) is 1. The van der Waals surface area contributed by atoms with E-state index in [9.17, 15) is 9.59 Å². The number of furan rings is 1. The summed E-state index contributed by atoms with van der Waals surface area (Å²) >= 11 is 0. The van der Waals surface area contributed by atoms with E-state index in [1.165, 1.54) is 6.07 Å². The van der Waals surface area contributed by atoms with E-state index in [0.717, 1.165) is 38.7 Å². The molecule has 2 N–H and O–H groups in total. The number of carboxylic acids is 1. The van der Waals surface area contributed by atoms with E-state index >= 15 is 0 Å². The molecule has 0 saturated carbocycles. The molecular formula is C14H20N2O4. The first kappa shape index (κ1) is 14.6. The fourth-order valence-electron chi connectivity index (χ4n) is 2.40. The summed E-state index contributed by atoms with van der Waals surface area (Å²) in [6, 6.07) is 1.25. The molecule has 1 aromatic heterocycles. The molecule has 1 aliphatic heterocycles. The summed E-state index contributed by atoms with van der Waals surface area (Å²) < 4.78 is 4.96. The van der Waals surface area contributed by atoms with Crippen LogP contribution in [0, 0.1) is 5.92 Å². The lowest BCUT2D eigenvalue weighted by Crippen LogP contribution is -2.38. The van der Waals surface area contributed by atoms with Gasteiger partial charge in [0, 0.05) is 12.6 Å². The molecule has 1 saturated heterocycles. The highest BCUT2D eigenvalue weighted by atomic mass is 16.4. The van der Waals surface area contributed by atoms with Gasteiger partial charge in [0.15, 0.2) is 5.76 Å². The maximum atomic E-state index is 11.8. The van der Waals surface area contributed by atoms with Crippen molar-refractivity contribution in [1.82, 2.24) is 10.2 Å². The van der Waals surface area contributed by atoms with Gasteiger partial charge < -0.3 is 19.7 Å². The van der Waals surface area contributed by atoms with E-state index < -0.39 is 5.97 Å². The molecule has 0 atom stereocenters. The SMILES string of the molecule is CCN1CCC(CNC(=O)c2cc(C(=O)O)co2)CC1. The average molecular weight is 280 g/mol. The van der Waals surface area contributed by atoms with Crippen LogP contribution in [-0.2, 0) is 0 Å². The molecule has 6 nitrogen and oxygen atoms in total. The predicted octanol–water partition coefficient (Wildman–Crippen LogP) is 1.44. The lowest BCUT2D eigenvalue weighted by molar-refractivity contribution is 0.0696. The summed E-state index contributed by atoms with van der Waals surface area (Å²) in [5, 5.41) is 11.6. The second-order valence-corrected chi connectivity index (χ2v) is 5.09. The Morgan fingerprint density at radius 1 is 1.45 bits per heavy atom. The number of likely N-dealkylation sites (tertiary alicyclic amines) is 1. The molecular weight excluding hydrogens is 260 g/mol. The second kappa shape index (κ2) is 6.56. The van der Waals surface area contributed by atoms with E-state index in [1.807, 2.05) is 0 Å². The molecule has 1 fully saturated rings. The first-order chi connectivity index (χ1) is 9.60. The number of carbonyl (C=O) groups is 2. The Hall–Kier alpha value is -1.82. The lowest BCUT2D eigenvalue weighted by atomic mass is 9.97. The first-order valence-corrected chi connectivity index (χ1v) is 6.92. The highest BCUT2D eigenvalue weighted by Gasteiger charge is 2.20. The van der Waals surface area contributed by atoms with E-state index in [1.54, 1.807) is 0 Å². The van der Waals surface area contributed by atoms with Gasteiger partial charge in [-0.3, -0.25) is 4.79 Å². The summed E-state index contributed by atoms with van der Waals surface area (Å²) in [7, 11) is 0. The van der Waals surface area contributed by atoms with Gasteiger partial charge >= 0.3 is 5.97 Å². The number of nitrogens with one attached hydrogen (secondary N) is 1. The largest absolute Gasteiger partial charge is 0.478 e. The molecule has 20 heavy (non-hydrogen) atoms. The zero-order valence-electron chi connectivity index (χ0n) is 11.6. The zero-order chi connectivity index (χ0) is 14.5. The molecule has 110 valence electrons. The van der Waals surface area contributed by atoms with Gasteiger partial charge in [-0.25, -0.2) is 4.79 Å². The zero-order valence-corrected chi connectivity index (χ0v) is 11.6. The number of amides is 1. The molecule has 2 heterocycles. The molecule has 1 amide bonds.